The van der Waals surface area contributed by atoms with Crippen molar-refractivity contribution in [2.75, 3.05) is 6.54 Å². The fourth-order valence-electron chi connectivity index (χ4n) is 2.48. The Kier molecular flexibility index (Phi) is 6.30. The molecule has 0 aliphatic carbocycles. The molecule has 0 saturated carbocycles. The topological polar surface area (TPSA) is 42.1 Å². The summed E-state index contributed by atoms with van der Waals surface area (Å²) in [5.41, 5.74) is 7.58. The van der Waals surface area contributed by atoms with Crippen LogP contribution < -0.4 is 5.73 Å². The fourth-order valence-corrected chi connectivity index (χ4v) is 2.48. The molecule has 0 radical (unpaired) electrons. The van der Waals surface area contributed by atoms with Crippen molar-refractivity contribution in [1.82, 2.24) is 9.88 Å². The van der Waals surface area contributed by atoms with Crippen molar-refractivity contribution >= 4 is 0 Å². The van der Waals surface area contributed by atoms with Gasteiger partial charge in [0.25, 0.3) is 0 Å². The highest BCUT2D eigenvalue weighted by molar-refractivity contribution is 5.16. The number of rotatable bonds is 7. The van der Waals surface area contributed by atoms with Gasteiger partial charge in [0, 0.05) is 24.5 Å². The van der Waals surface area contributed by atoms with E-state index in [9.17, 15) is 0 Å². The standard InChI is InChI=1S/C15H27N3/c1-5-12(4)18(7-3)15(14(16)6-2)13-9-8-10-17-11-13/h8-12,14-15H,5-7,16H2,1-4H3. The van der Waals surface area contributed by atoms with E-state index in [4.69, 9.17) is 5.73 Å². The lowest BCUT2D eigenvalue weighted by Gasteiger charge is -2.38. The van der Waals surface area contributed by atoms with Crippen molar-refractivity contribution in [3.8, 4) is 0 Å². The summed E-state index contributed by atoms with van der Waals surface area (Å²) in [6.07, 6.45) is 5.89. The van der Waals surface area contributed by atoms with Crippen molar-refractivity contribution in [1.29, 1.82) is 0 Å². The highest BCUT2D eigenvalue weighted by atomic mass is 15.2. The van der Waals surface area contributed by atoms with Gasteiger partial charge in [-0.3, -0.25) is 9.88 Å². The number of nitrogens with two attached hydrogens (primary N) is 1. The third-order valence-corrected chi connectivity index (χ3v) is 3.78. The van der Waals surface area contributed by atoms with E-state index in [1.165, 1.54) is 5.56 Å². The third kappa shape index (κ3) is 3.53. The molecule has 1 aromatic rings. The lowest BCUT2D eigenvalue weighted by Crippen LogP contribution is -2.44. The van der Waals surface area contributed by atoms with Crippen LogP contribution in [0.15, 0.2) is 24.5 Å². The summed E-state index contributed by atoms with van der Waals surface area (Å²) in [7, 11) is 0. The Morgan fingerprint density at radius 1 is 1.28 bits per heavy atom. The molecule has 1 rings (SSSR count). The fraction of sp³-hybridized carbons (Fsp3) is 0.667. The van der Waals surface area contributed by atoms with Crippen molar-refractivity contribution < 1.29 is 0 Å². The van der Waals surface area contributed by atoms with E-state index < -0.39 is 0 Å². The molecule has 3 heteroatoms. The largest absolute Gasteiger partial charge is 0.326 e. The molecule has 1 heterocycles. The molecule has 0 fully saturated rings. The van der Waals surface area contributed by atoms with Crippen LogP contribution in [0, 0.1) is 0 Å². The molecule has 0 aromatic carbocycles. The molecule has 0 bridgehead atoms. The van der Waals surface area contributed by atoms with Crippen LogP contribution in [0.25, 0.3) is 0 Å². The summed E-state index contributed by atoms with van der Waals surface area (Å²) in [4.78, 5) is 6.73. The van der Waals surface area contributed by atoms with Gasteiger partial charge in [-0.05, 0) is 37.9 Å². The van der Waals surface area contributed by atoms with Gasteiger partial charge in [-0.25, -0.2) is 0 Å². The zero-order chi connectivity index (χ0) is 13.5. The van der Waals surface area contributed by atoms with Crippen molar-refractivity contribution in [2.45, 2.75) is 58.7 Å². The van der Waals surface area contributed by atoms with Gasteiger partial charge in [0.05, 0.1) is 6.04 Å². The second kappa shape index (κ2) is 7.49. The molecular formula is C15H27N3. The van der Waals surface area contributed by atoms with Crippen LogP contribution in [0.2, 0.25) is 0 Å². The SMILES string of the molecule is CCC(N)C(c1cccnc1)N(CC)C(C)CC. The summed E-state index contributed by atoms with van der Waals surface area (Å²) < 4.78 is 0. The first kappa shape index (κ1) is 15.1. The molecule has 2 N–H and O–H groups in total. The number of nitrogens with zero attached hydrogens (tertiary/aromatic N) is 2. The van der Waals surface area contributed by atoms with Crippen LogP contribution in [-0.2, 0) is 0 Å². The minimum absolute atomic E-state index is 0.156. The van der Waals surface area contributed by atoms with Crippen molar-refractivity contribution in [3.05, 3.63) is 30.1 Å². The summed E-state index contributed by atoms with van der Waals surface area (Å²) in [5, 5.41) is 0. The molecule has 102 valence electrons. The Morgan fingerprint density at radius 2 is 2.00 bits per heavy atom. The van der Waals surface area contributed by atoms with Gasteiger partial charge in [-0.15, -0.1) is 0 Å². The molecule has 18 heavy (non-hydrogen) atoms. The Balaban J connectivity index is 3.04. The summed E-state index contributed by atoms with van der Waals surface area (Å²) in [6.45, 7) is 9.87. The van der Waals surface area contributed by atoms with E-state index in [1.807, 2.05) is 18.5 Å². The molecule has 0 amide bonds. The smallest absolute Gasteiger partial charge is 0.0516 e. The second-order valence-corrected chi connectivity index (χ2v) is 4.89. The lowest BCUT2D eigenvalue weighted by molar-refractivity contribution is 0.125. The first-order valence-electron chi connectivity index (χ1n) is 7.06. The van der Waals surface area contributed by atoms with Crippen LogP contribution in [0.3, 0.4) is 0 Å². The molecule has 3 atom stereocenters. The maximum Gasteiger partial charge on any atom is 0.0516 e. The van der Waals surface area contributed by atoms with E-state index in [0.29, 0.717) is 6.04 Å². The minimum atomic E-state index is 0.156. The highest BCUT2D eigenvalue weighted by Gasteiger charge is 2.27. The average molecular weight is 249 g/mol. The maximum absolute atomic E-state index is 6.35. The molecular weight excluding hydrogens is 222 g/mol. The van der Waals surface area contributed by atoms with E-state index >= 15 is 0 Å². The normalized spacial score (nSPS) is 16.6. The van der Waals surface area contributed by atoms with Gasteiger partial charge in [0.1, 0.15) is 0 Å². The molecule has 3 unspecified atom stereocenters. The van der Waals surface area contributed by atoms with E-state index in [0.717, 1.165) is 19.4 Å². The Labute approximate surface area is 111 Å². The Hall–Kier alpha value is -0.930. The Morgan fingerprint density at radius 3 is 2.44 bits per heavy atom. The van der Waals surface area contributed by atoms with Crippen LogP contribution in [0.4, 0.5) is 0 Å². The van der Waals surface area contributed by atoms with Gasteiger partial charge in [0.2, 0.25) is 0 Å². The maximum atomic E-state index is 6.35. The van der Waals surface area contributed by atoms with Crippen LogP contribution in [-0.4, -0.2) is 28.5 Å². The van der Waals surface area contributed by atoms with Crippen molar-refractivity contribution in [2.24, 2.45) is 5.73 Å². The van der Waals surface area contributed by atoms with Gasteiger partial charge >= 0.3 is 0 Å². The first-order chi connectivity index (χ1) is 8.65. The van der Waals surface area contributed by atoms with Gasteiger partial charge in [-0.1, -0.05) is 26.8 Å². The predicted molar refractivity (Wildman–Crippen MR) is 77.4 cm³/mol. The minimum Gasteiger partial charge on any atom is -0.326 e. The number of pyridine rings is 1. The van der Waals surface area contributed by atoms with Gasteiger partial charge in [-0.2, -0.15) is 0 Å². The lowest BCUT2D eigenvalue weighted by atomic mass is 9.96. The van der Waals surface area contributed by atoms with Gasteiger partial charge in [0.15, 0.2) is 0 Å². The number of likely N-dealkylation sites (N-methyl/N-ethyl adjacent to an activating group) is 1. The summed E-state index contributed by atoms with van der Waals surface area (Å²) in [6, 6.07) is 5.09. The molecule has 0 aliphatic rings. The molecule has 0 saturated heterocycles. The zero-order valence-corrected chi connectivity index (χ0v) is 12.1. The predicted octanol–water partition coefficient (Wildman–Crippen LogP) is 2.98. The van der Waals surface area contributed by atoms with Gasteiger partial charge < -0.3 is 5.73 Å². The van der Waals surface area contributed by atoms with E-state index in [-0.39, 0.29) is 12.1 Å². The zero-order valence-electron chi connectivity index (χ0n) is 12.1. The molecule has 1 aromatic heterocycles. The van der Waals surface area contributed by atoms with Crippen LogP contribution in [0.5, 0.6) is 0 Å². The quantitative estimate of drug-likeness (QED) is 0.808. The highest BCUT2D eigenvalue weighted by Crippen LogP contribution is 2.27. The molecule has 0 aliphatic heterocycles. The van der Waals surface area contributed by atoms with E-state index in [2.05, 4.69) is 43.6 Å². The summed E-state index contributed by atoms with van der Waals surface area (Å²) >= 11 is 0. The second-order valence-electron chi connectivity index (χ2n) is 4.89. The van der Waals surface area contributed by atoms with Crippen LogP contribution in [0.1, 0.15) is 52.1 Å². The summed E-state index contributed by atoms with van der Waals surface area (Å²) in [5.74, 6) is 0. The average Bonchev–Trinajstić information content (AvgIpc) is 2.43. The number of aromatic nitrogens is 1. The van der Waals surface area contributed by atoms with Crippen LogP contribution >= 0.6 is 0 Å². The number of hydrogen-bond acceptors (Lipinski definition) is 3. The van der Waals surface area contributed by atoms with Crippen molar-refractivity contribution in [3.63, 3.8) is 0 Å². The molecule has 0 spiro atoms. The Bertz CT molecular complexity index is 326. The van der Waals surface area contributed by atoms with E-state index in [1.54, 1.807) is 0 Å². The third-order valence-electron chi connectivity index (χ3n) is 3.78. The monoisotopic (exact) mass is 249 g/mol. The molecule has 3 nitrogen and oxygen atoms in total. The number of hydrogen-bond donors (Lipinski definition) is 1. The first-order valence-corrected chi connectivity index (χ1v) is 7.06.